The molecule has 36 heavy (non-hydrogen) atoms. The van der Waals surface area contributed by atoms with Crippen molar-refractivity contribution in [2.45, 2.75) is 65.0 Å². The summed E-state index contributed by atoms with van der Waals surface area (Å²) in [7, 11) is 0. The summed E-state index contributed by atoms with van der Waals surface area (Å²) in [5, 5.41) is 8.70. The van der Waals surface area contributed by atoms with Gasteiger partial charge in [-0.1, -0.05) is 38.1 Å². The van der Waals surface area contributed by atoms with Gasteiger partial charge in [0.25, 0.3) is 5.91 Å². The van der Waals surface area contributed by atoms with Gasteiger partial charge in [0.15, 0.2) is 0 Å². The standard InChI is InChI=1S/C27H35N5O4/c1-17(2)24-14-22-13-20(10-11-21(22)15-28-24)7-5-9-25(34)29-16-26(35)30-18(3)27(36)32-12-6-8-23(31-32)19(4)33/h5,7,10-11,13-15,17-18,23,31H,6,8-9,12,16H2,1-4H3,(H,29,34)(H,30,35)/b7-5+. The number of fused-ring (bicyclic) bond motifs is 1. The molecule has 2 aromatic rings. The van der Waals surface area contributed by atoms with Crippen LogP contribution in [0.2, 0.25) is 0 Å². The number of aromatic nitrogens is 1. The number of Topliss-reactive ketones (excluding diaryl/α,β-unsaturated/α-hetero) is 1. The van der Waals surface area contributed by atoms with E-state index in [2.05, 4.69) is 47.0 Å². The second-order valence-electron chi connectivity index (χ2n) is 9.47. The van der Waals surface area contributed by atoms with Gasteiger partial charge in [0, 0.05) is 30.2 Å². The third-order valence-corrected chi connectivity index (χ3v) is 6.11. The number of benzene rings is 1. The SMILES string of the molecule is CC(=O)C1CCCN(C(=O)C(C)NC(=O)CNC(=O)C/C=C/c2ccc3cnc(C(C)C)cc3c2)N1. The minimum Gasteiger partial charge on any atom is -0.347 e. The third-order valence-electron chi connectivity index (χ3n) is 6.11. The first-order valence-electron chi connectivity index (χ1n) is 12.3. The minimum absolute atomic E-state index is 0.0286. The van der Waals surface area contributed by atoms with E-state index in [1.54, 1.807) is 13.0 Å². The van der Waals surface area contributed by atoms with Gasteiger partial charge < -0.3 is 10.6 Å². The molecule has 1 saturated heterocycles. The highest BCUT2D eigenvalue weighted by Gasteiger charge is 2.29. The van der Waals surface area contributed by atoms with Gasteiger partial charge in [-0.15, -0.1) is 0 Å². The van der Waals surface area contributed by atoms with Gasteiger partial charge in [-0.05, 0) is 55.7 Å². The summed E-state index contributed by atoms with van der Waals surface area (Å²) in [5.74, 6) is -0.766. The lowest BCUT2D eigenvalue weighted by Gasteiger charge is -2.34. The number of hydrogen-bond acceptors (Lipinski definition) is 6. The van der Waals surface area contributed by atoms with Crippen LogP contribution in [-0.4, -0.2) is 58.7 Å². The largest absolute Gasteiger partial charge is 0.347 e. The van der Waals surface area contributed by atoms with Crippen LogP contribution in [0.15, 0.2) is 36.5 Å². The molecule has 2 atom stereocenters. The molecule has 1 fully saturated rings. The van der Waals surface area contributed by atoms with Crippen molar-refractivity contribution in [1.29, 1.82) is 0 Å². The number of hydrogen-bond donors (Lipinski definition) is 3. The average Bonchev–Trinajstić information content (AvgIpc) is 2.86. The van der Waals surface area contributed by atoms with Crippen molar-refractivity contribution in [3.05, 3.63) is 47.8 Å². The van der Waals surface area contributed by atoms with Gasteiger partial charge in [-0.2, -0.15) is 0 Å². The zero-order chi connectivity index (χ0) is 26.2. The molecule has 1 aliphatic rings. The Labute approximate surface area is 211 Å². The molecule has 9 heteroatoms. The topological polar surface area (TPSA) is 121 Å². The summed E-state index contributed by atoms with van der Waals surface area (Å²) in [6.45, 7) is 7.51. The van der Waals surface area contributed by atoms with Crippen LogP contribution >= 0.6 is 0 Å². The molecule has 0 saturated carbocycles. The monoisotopic (exact) mass is 493 g/mol. The lowest BCUT2D eigenvalue weighted by molar-refractivity contribution is -0.142. The van der Waals surface area contributed by atoms with E-state index in [0.717, 1.165) is 22.0 Å². The van der Waals surface area contributed by atoms with E-state index in [0.29, 0.717) is 25.3 Å². The van der Waals surface area contributed by atoms with Crippen molar-refractivity contribution in [1.82, 2.24) is 26.1 Å². The first-order valence-corrected chi connectivity index (χ1v) is 12.3. The van der Waals surface area contributed by atoms with Gasteiger partial charge >= 0.3 is 0 Å². The quantitative estimate of drug-likeness (QED) is 0.494. The fourth-order valence-corrected chi connectivity index (χ4v) is 3.98. The summed E-state index contributed by atoms with van der Waals surface area (Å²) in [5.41, 5.74) is 4.92. The van der Waals surface area contributed by atoms with E-state index in [4.69, 9.17) is 0 Å². The number of nitrogens with zero attached hydrogens (tertiary/aromatic N) is 2. The highest BCUT2D eigenvalue weighted by molar-refractivity contribution is 5.90. The summed E-state index contributed by atoms with van der Waals surface area (Å²) >= 11 is 0. The third kappa shape index (κ3) is 7.45. The number of amides is 3. The number of rotatable bonds is 9. The zero-order valence-electron chi connectivity index (χ0n) is 21.3. The summed E-state index contributed by atoms with van der Waals surface area (Å²) in [6.07, 6.45) is 7.00. The predicted molar refractivity (Wildman–Crippen MR) is 139 cm³/mol. The fourth-order valence-electron chi connectivity index (χ4n) is 3.98. The van der Waals surface area contributed by atoms with E-state index in [1.807, 2.05) is 24.4 Å². The summed E-state index contributed by atoms with van der Waals surface area (Å²) < 4.78 is 0. The molecule has 0 bridgehead atoms. The summed E-state index contributed by atoms with van der Waals surface area (Å²) in [6, 6.07) is 6.93. The van der Waals surface area contributed by atoms with E-state index in [-0.39, 0.29) is 36.6 Å². The maximum atomic E-state index is 12.6. The van der Waals surface area contributed by atoms with Crippen LogP contribution in [0.4, 0.5) is 0 Å². The zero-order valence-corrected chi connectivity index (χ0v) is 21.3. The number of carbonyl (C=O) groups excluding carboxylic acids is 4. The Hall–Kier alpha value is -3.59. The van der Waals surface area contributed by atoms with Crippen LogP contribution in [0.25, 0.3) is 16.8 Å². The van der Waals surface area contributed by atoms with Crippen LogP contribution in [0.3, 0.4) is 0 Å². The van der Waals surface area contributed by atoms with Crippen molar-refractivity contribution in [2.24, 2.45) is 0 Å². The van der Waals surface area contributed by atoms with Crippen molar-refractivity contribution < 1.29 is 19.2 Å². The van der Waals surface area contributed by atoms with Crippen LogP contribution < -0.4 is 16.1 Å². The number of carbonyl (C=O) groups is 4. The van der Waals surface area contributed by atoms with Crippen LogP contribution in [0, 0.1) is 0 Å². The van der Waals surface area contributed by atoms with E-state index < -0.39 is 11.9 Å². The Morgan fingerprint density at radius 2 is 1.92 bits per heavy atom. The first-order chi connectivity index (χ1) is 17.1. The average molecular weight is 494 g/mol. The maximum absolute atomic E-state index is 12.6. The molecule has 1 aromatic carbocycles. The van der Waals surface area contributed by atoms with Crippen LogP contribution in [0.5, 0.6) is 0 Å². The van der Waals surface area contributed by atoms with Crippen LogP contribution in [-0.2, 0) is 19.2 Å². The second-order valence-corrected chi connectivity index (χ2v) is 9.47. The highest BCUT2D eigenvalue weighted by Crippen LogP contribution is 2.21. The molecule has 2 heterocycles. The van der Waals surface area contributed by atoms with Crippen molar-refractivity contribution in [3.8, 4) is 0 Å². The molecule has 3 amide bonds. The van der Waals surface area contributed by atoms with Gasteiger partial charge in [0.2, 0.25) is 11.8 Å². The smallest absolute Gasteiger partial charge is 0.258 e. The number of hydrazine groups is 1. The van der Waals surface area contributed by atoms with E-state index >= 15 is 0 Å². The lowest BCUT2D eigenvalue weighted by Crippen LogP contribution is -2.59. The van der Waals surface area contributed by atoms with Crippen molar-refractivity contribution >= 4 is 40.4 Å². The Balaban J connectivity index is 1.43. The second kappa shape index (κ2) is 12.4. The van der Waals surface area contributed by atoms with Crippen molar-refractivity contribution in [3.63, 3.8) is 0 Å². The van der Waals surface area contributed by atoms with Gasteiger partial charge in [-0.25, -0.2) is 5.43 Å². The van der Waals surface area contributed by atoms with E-state index in [9.17, 15) is 19.2 Å². The molecule has 1 aromatic heterocycles. The maximum Gasteiger partial charge on any atom is 0.258 e. The Bertz CT molecular complexity index is 1160. The minimum atomic E-state index is -0.785. The molecule has 2 unspecified atom stereocenters. The van der Waals surface area contributed by atoms with Crippen molar-refractivity contribution in [2.75, 3.05) is 13.1 Å². The molecule has 3 N–H and O–H groups in total. The predicted octanol–water partition coefficient (Wildman–Crippen LogP) is 2.47. The normalized spacial score (nSPS) is 16.8. The Morgan fingerprint density at radius 3 is 2.64 bits per heavy atom. The van der Waals surface area contributed by atoms with Gasteiger partial charge in [-0.3, -0.25) is 29.2 Å². The number of ketones is 1. The van der Waals surface area contributed by atoms with E-state index in [1.165, 1.54) is 11.9 Å². The number of nitrogens with one attached hydrogen (secondary N) is 3. The lowest BCUT2D eigenvalue weighted by atomic mass is 10.0. The molecule has 0 spiro atoms. The molecule has 192 valence electrons. The summed E-state index contributed by atoms with van der Waals surface area (Å²) in [4.78, 5) is 53.0. The first kappa shape index (κ1) is 27.0. The van der Waals surface area contributed by atoms with Gasteiger partial charge in [0.1, 0.15) is 11.8 Å². The molecule has 1 aliphatic heterocycles. The number of pyridine rings is 1. The van der Waals surface area contributed by atoms with Crippen LogP contribution in [0.1, 0.15) is 64.1 Å². The Morgan fingerprint density at radius 1 is 1.14 bits per heavy atom. The highest BCUT2D eigenvalue weighted by atomic mass is 16.2. The molecule has 9 nitrogen and oxygen atoms in total. The molecular formula is C27H35N5O4. The van der Waals surface area contributed by atoms with Gasteiger partial charge in [0.05, 0.1) is 12.6 Å². The fraction of sp³-hybridized carbons (Fsp3) is 0.444. The molecule has 0 aliphatic carbocycles. The molecule has 3 rings (SSSR count). The molecule has 0 radical (unpaired) electrons. The Kier molecular flexibility index (Phi) is 9.30. The molecular weight excluding hydrogens is 458 g/mol.